The molecule has 0 fully saturated rings. The van der Waals surface area contributed by atoms with Gasteiger partial charge in [0.2, 0.25) is 5.91 Å². The molecule has 0 bridgehead atoms. The highest BCUT2D eigenvalue weighted by atomic mass is 32.2. The molecule has 2 aromatic carbocycles. The summed E-state index contributed by atoms with van der Waals surface area (Å²) in [5.41, 5.74) is 3.06. The molecule has 5 nitrogen and oxygen atoms in total. The Labute approximate surface area is 155 Å². The molecule has 1 N–H and O–H groups in total. The standard InChI is InChI=1S/C20H25NO4S/c1-14-5-10-19(15(2)13-14)25-12-11-20(22)21-16(3)17-6-8-18(9-7-17)26(4,23)24/h5-10,13,16H,11-12H2,1-4H3,(H,21,22). The van der Waals surface area contributed by atoms with Crippen molar-refractivity contribution in [3.05, 3.63) is 59.2 Å². The van der Waals surface area contributed by atoms with Gasteiger partial charge in [0.15, 0.2) is 9.84 Å². The minimum absolute atomic E-state index is 0.116. The van der Waals surface area contributed by atoms with Crippen molar-refractivity contribution >= 4 is 15.7 Å². The Kier molecular flexibility index (Phi) is 6.42. The third-order valence-corrected chi connectivity index (χ3v) is 5.23. The van der Waals surface area contributed by atoms with Gasteiger partial charge in [-0.1, -0.05) is 29.8 Å². The van der Waals surface area contributed by atoms with Gasteiger partial charge in [-0.3, -0.25) is 4.79 Å². The van der Waals surface area contributed by atoms with Crippen molar-refractivity contribution in [1.82, 2.24) is 5.32 Å². The smallest absolute Gasteiger partial charge is 0.223 e. The first-order valence-electron chi connectivity index (χ1n) is 8.46. The molecule has 0 heterocycles. The molecular formula is C20H25NO4S. The van der Waals surface area contributed by atoms with Crippen molar-refractivity contribution < 1.29 is 17.9 Å². The number of nitrogens with one attached hydrogen (secondary N) is 1. The molecule has 0 saturated carbocycles. The predicted molar refractivity (Wildman–Crippen MR) is 102 cm³/mol. The highest BCUT2D eigenvalue weighted by molar-refractivity contribution is 7.90. The van der Waals surface area contributed by atoms with Gasteiger partial charge in [0.05, 0.1) is 24.0 Å². The number of carbonyl (C=O) groups is 1. The lowest BCUT2D eigenvalue weighted by Crippen LogP contribution is -2.27. The minimum Gasteiger partial charge on any atom is -0.493 e. The van der Waals surface area contributed by atoms with E-state index < -0.39 is 9.84 Å². The van der Waals surface area contributed by atoms with Crippen LogP contribution in [0.4, 0.5) is 0 Å². The summed E-state index contributed by atoms with van der Waals surface area (Å²) in [6, 6.07) is 12.3. The third-order valence-electron chi connectivity index (χ3n) is 4.10. The van der Waals surface area contributed by atoms with E-state index in [1.807, 2.05) is 39.0 Å². The van der Waals surface area contributed by atoms with E-state index in [-0.39, 0.29) is 23.3 Å². The van der Waals surface area contributed by atoms with Crippen LogP contribution in [-0.2, 0) is 14.6 Å². The number of hydrogen-bond donors (Lipinski definition) is 1. The SMILES string of the molecule is Cc1ccc(OCCC(=O)NC(C)c2ccc(S(C)(=O)=O)cc2)c(C)c1. The van der Waals surface area contributed by atoms with E-state index in [9.17, 15) is 13.2 Å². The van der Waals surface area contributed by atoms with Gasteiger partial charge in [0.1, 0.15) is 5.75 Å². The monoisotopic (exact) mass is 375 g/mol. The molecule has 0 radical (unpaired) electrons. The van der Waals surface area contributed by atoms with E-state index in [1.165, 1.54) is 11.8 Å². The lowest BCUT2D eigenvalue weighted by molar-refractivity contribution is -0.122. The molecule has 0 aliphatic rings. The molecule has 0 aliphatic heterocycles. The van der Waals surface area contributed by atoms with E-state index in [2.05, 4.69) is 5.32 Å². The first-order valence-corrected chi connectivity index (χ1v) is 10.4. The van der Waals surface area contributed by atoms with Crippen molar-refractivity contribution in [2.24, 2.45) is 0 Å². The summed E-state index contributed by atoms with van der Waals surface area (Å²) in [7, 11) is -3.22. The number of rotatable bonds is 7. The van der Waals surface area contributed by atoms with Crippen molar-refractivity contribution in [1.29, 1.82) is 0 Å². The maximum absolute atomic E-state index is 12.1. The van der Waals surface area contributed by atoms with E-state index in [1.54, 1.807) is 24.3 Å². The first kappa shape index (κ1) is 20.0. The maximum Gasteiger partial charge on any atom is 0.223 e. The van der Waals surface area contributed by atoms with E-state index in [4.69, 9.17) is 4.74 Å². The van der Waals surface area contributed by atoms with E-state index in [0.717, 1.165) is 16.9 Å². The number of aryl methyl sites for hydroxylation is 2. The van der Waals surface area contributed by atoms with E-state index in [0.29, 0.717) is 6.61 Å². The molecule has 1 unspecified atom stereocenters. The first-order chi connectivity index (χ1) is 12.2. The highest BCUT2D eigenvalue weighted by Crippen LogP contribution is 2.19. The summed E-state index contributed by atoms with van der Waals surface area (Å²) >= 11 is 0. The van der Waals surface area contributed by atoms with Crippen molar-refractivity contribution in [2.45, 2.75) is 38.1 Å². The summed E-state index contributed by atoms with van der Waals surface area (Å²) in [5.74, 6) is 0.669. The number of hydrogen-bond acceptors (Lipinski definition) is 4. The second-order valence-corrected chi connectivity index (χ2v) is 8.51. The summed E-state index contributed by atoms with van der Waals surface area (Å²) in [6.45, 7) is 6.16. The van der Waals surface area contributed by atoms with Crippen LogP contribution < -0.4 is 10.1 Å². The summed E-state index contributed by atoms with van der Waals surface area (Å²) in [5, 5.41) is 2.90. The minimum atomic E-state index is -3.22. The van der Waals surface area contributed by atoms with Crippen LogP contribution in [0.1, 0.15) is 36.1 Å². The Balaban J connectivity index is 1.85. The lowest BCUT2D eigenvalue weighted by Gasteiger charge is -2.15. The zero-order chi connectivity index (χ0) is 19.3. The van der Waals surface area contributed by atoms with Crippen LogP contribution in [0.2, 0.25) is 0 Å². The van der Waals surface area contributed by atoms with Gasteiger partial charge in [-0.05, 0) is 50.1 Å². The summed E-state index contributed by atoms with van der Waals surface area (Å²) in [6.07, 6.45) is 1.42. The molecule has 2 rings (SSSR count). The van der Waals surface area contributed by atoms with Crippen molar-refractivity contribution in [2.75, 3.05) is 12.9 Å². The Morgan fingerprint density at radius 3 is 2.35 bits per heavy atom. The van der Waals surface area contributed by atoms with Crippen LogP contribution >= 0.6 is 0 Å². The fourth-order valence-corrected chi connectivity index (χ4v) is 3.25. The molecule has 0 saturated heterocycles. The van der Waals surface area contributed by atoms with Gasteiger partial charge in [-0.25, -0.2) is 8.42 Å². The molecule has 6 heteroatoms. The molecule has 0 aliphatic carbocycles. The van der Waals surface area contributed by atoms with Crippen LogP contribution in [0, 0.1) is 13.8 Å². The Bertz CT molecular complexity index is 873. The number of carbonyl (C=O) groups excluding carboxylic acids is 1. The molecule has 26 heavy (non-hydrogen) atoms. The van der Waals surface area contributed by atoms with Crippen LogP contribution in [-0.4, -0.2) is 27.2 Å². The molecule has 2 aromatic rings. The van der Waals surface area contributed by atoms with Crippen molar-refractivity contribution in [3.8, 4) is 5.75 Å². The number of benzene rings is 2. The zero-order valence-corrected chi connectivity index (χ0v) is 16.4. The molecule has 0 aromatic heterocycles. The van der Waals surface area contributed by atoms with Crippen LogP contribution in [0.3, 0.4) is 0 Å². The third kappa shape index (κ3) is 5.59. The fraction of sp³-hybridized carbons (Fsp3) is 0.350. The Hall–Kier alpha value is -2.34. The average molecular weight is 375 g/mol. The second-order valence-electron chi connectivity index (χ2n) is 6.50. The molecule has 1 amide bonds. The van der Waals surface area contributed by atoms with Gasteiger partial charge < -0.3 is 10.1 Å². The van der Waals surface area contributed by atoms with E-state index >= 15 is 0 Å². The largest absolute Gasteiger partial charge is 0.493 e. The quantitative estimate of drug-likeness (QED) is 0.805. The Morgan fingerprint density at radius 2 is 1.77 bits per heavy atom. The van der Waals surface area contributed by atoms with Gasteiger partial charge in [0.25, 0.3) is 0 Å². The Morgan fingerprint density at radius 1 is 1.12 bits per heavy atom. The van der Waals surface area contributed by atoms with Gasteiger partial charge in [0, 0.05) is 6.26 Å². The topological polar surface area (TPSA) is 72.5 Å². The maximum atomic E-state index is 12.1. The zero-order valence-electron chi connectivity index (χ0n) is 15.6. The molecular weight excluding hydrogens is 350 g/mol. The fourth-order valence-electron chi connectivity index (χ4n) is 2.62. The predicted octanol–water partition coefficient (Wildman–Crippen LogP) is 3.35. The normalized spacial score (nSPS) is 12.5. The summed E-state index contributed by atoms with van der Waals surface area (Å²) in [4.78, 5) is 12.4. The lowest BCUT2D eigenvalue weighted by atomic mass is 10.1. The average Bonchev–Trinajstić information content (AvgIpc) is 2.56. The molecule has 0 spiro atoms. The van der Waals surface area contributed by atoms with Crippen molar-refractivity contribution in [3.63, 3.8) is 0 Å². The van der Waals surface area contributed by atoms with Gasteiger partial charge in [-0.2, -0.15) is 0 Å². The molecule has 140 valence electrons. The summed E-state index contributed by atoms with van der Waals surface area (Å²) < 4.78 is 28.6. The van der Waals surface area contributed by atoms with Crippen LogP contribution in [0.5, 0.6) is 5.75 Å². The number of sulfone groups is 1. The van der Waals surface area contributed by atoms with Crippen LogP contribution in [0.15, 0.2) is 47.4 Å². The second kappa shape index (κ2) is 8.36. The number of amides is 1. The highest BCUT2D eigenvalue weighted by Gasteiger charge is 2.12. The molecule has 1 atom stereocenters. The number of ether oxygens (including phenoxy) is 1. The van der Waals surface area contributed by atoms with Gasteiger partial charge >= 0.3 is 0 Å². The van der Waals surface area contributed by atoms with Gasteiger partial charge in [-0.15, -0.1) is 0 Å². The van der Waals surface area contributed by atoms with Crippen LogP contribution in [0.25, 0.3) is 0 Å².